The molecule has 0 spiro atoms. The first-order valence-corrected chi connectivity index (χ1v) is 43.1. The maximum atomic E-state index is 13.1. The summed E-state index contributed by atoms with van der Waals surface area (Å²) >= 11 is 0. The molecule has 2 unspecified atom stereocenters. The molecule has 0 rings (SSSR count). The first kappa shape index (κ1) is 94.1. The summed E-state index contributed by atoms with van der Waals surface area (Å²) in [6.45, 7) is 7.25. The fourth-order valence-electron chi connectivity index (χ4n) is 11.9. The molecule has 0 saturated carbocycles. The van der Waals surface area contributed by atoms with Crippen LogP contribution in [0.2, 0.25) is 0 Å². The zero-order chi connectivity index (χ0) is 70.5. The quantitative estimate of drug-likeness (QED) is 0.0222. The van der Waals surface area contributed by atoms with Crippen molar-refractivity contribution in [1.29, 1.82) is 0 Å². The first-order valence-electron chi connectivity index (χ1n) is 40.1. The van der Waals surface area contributed by atoms with Crippen LogP contribution in [-0.2, 0) is 65.4 Å². The van der Waals surface area contributed by atoms with Crippen molar-refractivity contribution in [1.82, 2.24) is 0 Å². The second-order valence-electron chi connectivity index (χ2n) is 28.2. The van der Waals surface area contributed by atoms with Crippen LogP contribution in [0.1, 0.15) is 407 Å². The van der Waals surface area contributed by atoms with Gasteiger partial charge in [0.05, 0.1) is 26.4 Å². The molecule has 0 aliphatic heterocycles. The van der Waals surface area contributed by atoms with Gasteiger partial charge >= 0.3 is 39.5 Å². The number of aliphatic hydroxyl groups excluding tert-OH is 1. The van der Waals surface area contributed by atoms with Crippen molar-refractivity contribution in [3.05, 3.63) is 0 Å². The number of ether oxygens (including phenoxy) is 4. The number of esters is 4. The third-order valence-electron chi connectivity index (χ3n) is 18.0. The van der Waals surface area contributed by atoms with Gasteiger partial charge in [-0.25, -0.2) is 9.13 Å². The number of aliphatic hydroxyl groups is 1. The Bertz CT molecular complexity index is 1840. The van der Waals surface area contributed by atoms with Crippen LogP contribution in [0.5, 0.6) is 0 Å². The van der Waals surface area contributed by atoms with Crippen molar-refractivity contribution < 1.29 is 80.2 Å². The maximum Gasteiger partial charge on any atom is 0.472 e. The molecular weight excluding hydrogens is 1260 g/mol. The average molecular weight is 1410 g/mol. The van der Waals surface area contributed by atoms with Crippen molar-refractivity contribution >= 4 is 39.5 Å². The van der Waals surface area contributed by atoms with Crippen molar-refractivity contribution in [2.75, 3.05) is 39.6 Å². The normalized spacial score (nSPS) is 13.9. The molecule has 0 radical (unpaired) electrons. The minimum Gasteiger partial charge on any atom is -0.462 e. The van der Waals surface area contributed by atoms with Gasteiger partial charge in [0, 0.05) is 25.7 Å². The zero-order valence-corrected chi connectivity index (χ0v) is 64.3. The fourth-order valence-corrected chi connectivity index (χ4v) is 13.5. The summed E-state index contributed by atoms with van der Waals surface area (Å²) < 4.78 is 68.4. The Morgan fingerprint density at radius 3 is 0.708 bits per heavy atom. The Morgan fingerprint density at radius 1 is 0.281 bits per heavy atom. The van der Waals surface area contributed by atoms with Gasteiger partial charge in [-0.2, -0.15) is 0 Å². The molecule has 0 aromatic carbocycles. The number of phosphoric acid groups is 2. The highest BCUT2D eigenvalue weighted by Crippen LogP contribution is 2.45. The van der Waals surface area contributed by atoms with E-state index in [4.69, 9.17) is 37.0 Å². The molecule has 0 aliphatic carbocycles. The Hall–Kier alpha value is -1.94. The van der Waals surface area contributed by atoms with Crippen molar-refractivity contribution in [2.45, 2.75) is 425 Å². The lowest BCUT2D eigenvalue weighted by Crippen LogP contribution is -2.30. The molecule has 0 saturated heterocycles. The van der Waals surface area contributed by atoms with E-state index in [1.54, 1.807) is 0 Å². The Morgan fingerprint density at radius 2 is 0.479 bits per heavy atom. The minimum absolute atomic E-state index is 0.108. The van der Waals surface area contributed by atoms with Gasteiger partial charge in [-0.05, 0) is 31.6 Å². The van der Waals surface area contributed by atoms with Crippen LogP contribution in [-0.4, -0.2) is 96.7 Å². The van der Waals surface area contributed by atoms with Gasteiger partial charge in [-0.1, -0.05) is 356 Å². The lowest BCUT2D eigenvalue weighted by atomic mass is 10.0. The first-order chi connectivity index (χ1) is 46.5. The summed E-state index contributed by atoms with van der Waals surface area (Å²) in [6.07, 6.45) is 60.0. The van der Waals surface area contributed by atoms with E-state index in [1.165, 1.54) is 225 Å². The molecule has 0 aliphatic rings. The van der Waals surface area contributed by atoms with Crippen LogP contribution in [0.4, 0.5) is 0 Å². The lowest BCUT2D eigenvalue weighted by Gasteiger charge is -2.21. The summed E-state index contributed by atoms with van der Waals surface area (Å²) in [6, 6.07) is 0. The predicted molar refractivity (Wildman–Crippen MR) is 391 cm³/mol. The number of carbonyl (C=O) groups excluding carboxylic acids is 4. The molecule has 19 heteroatoms. The number of phosphoric ester groups is 2. The summed E-state index contributed by atoms with van der Waals surface area (Å²) in [4.78, 5) is 72.6. The molecule has 0 fully saturated rings. The van der Waals surface area contributed by atoms with E-state index < -0.39 is 97.5 Å². The van der Waals surface area contributed by atoms with Crippen LogP contribution in [0.25, 0.3) is 0 Å². The largest absolute Gasteiger partial charge is 0.472 e. The summed E-state index contributed by atoms with van der Waals surface area (Å²) in [5.41, 5.74) is 0. The Labute approximate surface area is 588 Å². The van der Waals surface area contributed by atoms with Crippen LogP contribution in [0.3, 0.4) is 0 Å². The second-order valence-corrected chi connectivity index (χ2v) is 31.1. The molecule has 570 valence electrons. The standard InChI is InChI=1S/C77H150O17P2/c1-6-9-12-15-17-19-21-23-25-26-31-34-38-42-46-51-56-61-75(80)88-67-73(94-77(82)63-58-53-48-44-40-36-32-28-27-30-33-37-41-45-50-54-59-70(4)5)69-92-96(85,86)90-65-71(78)64-89-95(83,84)91-68-72(66-87-74(79)60-55-49-14-11-8-3)93-76(81)62-57-52-47-43-39-35-29-24-22-20-18-16-13-10-7-2/h70-73,78H,6-69H2,1-5H3,(H,83,84)(H,85,86)/t71-,72+,73+/m0/s1. The molecule has 3 N–H and O–H groups in total. The highest BCUT2D eigenvalue weighted by molar-refractivity contribution is 7.47. The molecular formula is C77H150O17P2. The van der Waals surface area contributed by atoms with Gasteiger partial charge in [-0.15, -0.1) is 0 Å². The van der Waals surface area contributed by atoms with Gasteiger partial charge in [0.25, 0.3) is 0 Å². The number of rotatable bonds is 77. The number of carbonyl (C=O) groups is 4. The highest BCUT2D eigenvalue weighted by atomic mass is 31.2. The highest BCUT2D eigenvalue weighted by Gasteiger charge is 2.30. The summed E-state index contributed by atoms with van der Waals surface area (Å²) in [5, 5.41) is 10.6. The van der Waals surface area contributed by atoms with E-state index in [0.717, 1.165) is 102 Å². The molecule has 0 heterocycles. The smallest absolute Gasteiger partial charge is 0.462 e. The van der Waals surface area contributed by atoms with Crippen molar-refractivity contribution in [2.24, 2.45) is 5.92 Å². The molecule has 96 heavy (non-hydrogen) atoms. The molecule has 0 aromatic heterocycles. The molecule has 0 bridgehead atoms. The van der Waals surface area contributed by atoms with Gasteiger partial charge in [0.2, 0.25) is 0 Å². The lowest BCUT2D eigenvalue weighted by molar-refractivity contribution is -0.161. The van der Waals surface area contributed by atoms with E-state index in [9.17, 15) is 43.2 Å². The van der Waals surface area contributed by atoms with E-state index in [0.29, 0.717) is 25.7 Å². The fraction of sp³-hybridized carbons (Fsp3) is 0.948. The van der Waals surface area contributed by atoms with Crippen LogP contribution in [0, 0.1) is 5.92 Å². The van der Waals surface area contributed by atoms with Gasteiger partial charge < -0.3 is 33.8 Å². The monoisotopic (exact) mass is 1410 g/mol. The average Bonchev–Trinajstić information content (AvgIpc) is 2.08. The van der Waals surface area contributed by atoms with Crippen molar-refractivity contribution in [3.63, 3.8) is 0 Å². The molecule has 17 nitrogen and oxygen atoms in total. The Balaban J connectivity index is 5.13. The maximum absolute atomic E-state index is 13.1. The topological polar surface area (TPSA) is 237 Å². The Kier molecular flexibility index (Phi) is 68.7. The van der Waals surface area contributed by atoms with Crippen LogP contribution < -0.4 is 0 Å². The van der Waals surface area contributed by atoms with Crippen molar-refractivity contribution in [3.8, 4) is 0 Å². The third kappa shape index (κ3) is 70.5. The molecule has 0 aromatic rings. The zero-order valence-electron chi connectivity index (χ0n) is 62.5. The van der Waals surface area contributed by atoms with E-state index in [-0.39, 0.29) is 25.7 Å². The summed E-state index contributed by atoms with van der Waals surface area (Å²) in [5.74, 6) is -1.31. The van der Waals surface area contributed by atoms with E-state index in [1.807, 2.05) is 0 Å². The second kappa shape index (κ2) is 70.1. The van der Waals surface area contributed by atoms with Gasteiger partial charge in [0.15, 0.2) is 12.2 Å². The third-order valence-corrected chi connectivity index (χ3v) is 19.9. The summed E-state index contributed by atoms with van der Waals surface area (Å²) in [7, 11) is -9.90. The predicted octanol–water partition coefficient (Wildman–Crippen LogP) is 22.9. The van der Waals surface area contributed by atoms with E-state index >= 15 is 0 Å². The number of hydrogen-bond acceptors (Lipinski definition) is 15. The van der Waals surface area contributed by atoms with Gasteiger partial charge in [0.1, 0.15) is 19.3 Å². The van der Waals surface area contributed by atoms with Crippen LogP contribution in [0.15, 0.2) is 0 Å². The molecule has 0 amide bonds. The minimum atomic E-state index is -4.96. The number of unbranched alkanes of at least 4 members (excludes halogenated alkanes) is 49. The molecule has 5 atom stereocenters. The number of hydrogen-bond donors (Lipinski definition) is 3. The van der Waals surface area contributed by atoms with Gasteiger partial charge in [-0.3, -0.25) is 37.3 Å². The SMILES string of the molecule is CCCCCCCCCCCCCCCCCCCC(=O)OC[C@H](COP(=O)(O)OC[C@@H](O)COP(=O)(O)OC[C@@H](COC(=O)CCCCCCC)OC(=O)CCCCCCCCCCCCCCCCC)OC(=O)CCCCCCCCCCCCCCCCCCC(C)C. The van der Waals surface area contributed by atoms with E-state index in [2.05, 4.69) is 34.6 Å². The van der Waals surface area contributed by atoms with Crippen LogP contribution >= 0.6 is 15.6 Å².